The summed E-state index contributed by atoms with van der Waals surface area (Å²) in [5.74, 6) is 2.03. The molecule has 4 heteroatoms. The van der Waals surface area contributed by atoms with Gasteiger partial charge in [-0.15, -0.1) is 0 Å². The molecule has 1 aliphatic heterocycles. The molecule has 19 heavy (non-hydrogen) atoms. The first-order chi connectivity index (χ1) is 9.31. The van der Waals surface area contributed by atoms with Crippen LogP contribution >= 0.6 is 12.6 Å². The molecule has 1 saturated carbocycles. The van der Waals surface area contributed by atoms with Crippen LogP contribution in [-0.4, -0.2) is 36.5 Å². The third-order valence-electron chi connectivity index (χ3n) is 4.43. The minimum Gasteiger partial charge on any atom is -0.468 e. The van der Waals surface area contributed by atoms with E-state index in [2.05, 4.69) is 23.6 Å². The second-order valence-electron chi connectivity index (χ2n) is 5.99. The lowest BCUT2D eigenvalue weighted by molar-refractivity contribution is 0.00381. The third kappa shape index (κ3) is 3.36. The van der Waals surface area contributed by atoms with Crippen molar-refractivity contribution in [1.82, 2.24) is 4.90 Å². The van der Waals surface area contributed by atoms with Crippen molar-refractivity contribution >= 4 is 12.6 Å². The molecule has 2 aliphatic rings. The molecule has 2 heterocycles. The summed E-state index contributed by atoms with van der Waals surface area (Å²) in [5, 5.41) is 0. The van der Waals surface area contributed by atoms with E-state index in [-0.39, 0.29) is 0 Å². The summed E-state index contributed by atoms with van der Waals surface area (Å²) in [7, 11) is 0. The highest BCUT2D eigenvalue weighted by molar-refractivity contribution is 7.80. The Morgan fingerprint density at radius 1 is 1.32 bits per heavy atom. The van der Waals surface area contributed by atoms with Gasteiger partial charge in [0.15, 0.2) is 0 Å². The molecule has 1 aliphatic carbocycles. The number of thiol groups is 1. The summed E-state index contributed by atoms with van der Waals surface area (Å²) in [6.45, 7) is 3.85. The minimum absolute atomic E-state index is 0.330. The number of ether oxygens (including phenoxy) is 1. The van der Waals surface area contributed by atoms with Crippen molar-refractivity contribution in [2.45, 2.75) is 38.3 Å². The largest absolute Gasteiger partial charge is 0.468 e. The fraction of sp³-hybridized carbons (Fsp3) is 0.733. The van der Waals surface area contributed by atoms with E-state index in [1.165, 1.54) is 12.8 Å². The summed E-state index contributed by atoms with van der Waals surface area (Å²) in [4.78, 5) is 2.60. The first kappa shape index (κ1) is 13.5. The predicted octanol–water partition coefficient (Wildman–Crippen LogP) is 2.97. The molecular weight excluding hydrogens is 258 g/mol. The second kappa shape index (κ2) is 5.90. The Kier molecular flexibility index (Phi) is 4.20. The molecule has 0 bridgehead atoms. The normalized spacial score (nSPS) is 22.8. The van der Waals surface area contributed by atoms with E-state index in [1.807, 2.05) is 6.07 Å². The van der Waals surface area contributed by atoms with Crippen LogP contribution in [-0.2, 0) is 11.3 Å². The van der Waals surface area contributed by atoms with E-state index in [0.29, 0.717) is 5.41 Å². The van der Waals surface area contributed by atoms with Gasteiger partial charge in [0.25, 0.3) is 0 Å². The molecule has 1 saturated heterocycles. The highest BCUT2D eigenvalue weighted by atomic mass is 32.1. The van der Waals surface area contributed by atoms with Crippen LogP contribution in [0.25, 0.3) is 0 Å². The van der Waals surface area contributed by atoms with Crippen LogP contribution in [0.3, 0.4) is 0 Å². The average molecular weight is 281 g/mol. The van der Waals surface area contributed by atoms with Gasteiger partial charge in [-0.2, -0.15) is 12.6 Å². The number of hydrogen-bond donors (Lipinski definition) is 1. The zero-order valence-electron chi connectivity index (χ0n) is 11.4. The summed E-state index contributed by atoms with van der Waals surface area (Å²) < 4.78 is 11.0. The zero-order valence-corrected chi connectivity index (χ0v) is 12.3. The fourth-order valence-electron chi connectivity index (χ4n) is 2.96. The smallest absolute Gasteiger partial charge is 0.117 e. The van der Waals surface area contributed by atoms with Crippen molar-refractivity contribution in [2.24, 2.45) is 5.41 Å². The lowest BCUT2D eigenvalue weighted by Gasteiger charge is -2.40. The topological polar surface area (TPSA) is 25.6 Å². The lowest BCUT2D eigenvalue weighted by Crippen LogP contribution is -2.43. The van der Waals surface area contributed by atoms with Crippen LogP contribution < -0.4 is 0 Å². The van der Waals surface area contributed by atoms with Crippen molar-refractivity contribution in [3.8, 4) is 0 Å². The molecule has 0 radical (unpaired) electrons. The number of rotatable bonds is 6. The minimum atomic E-state index is 0.330. The molecular formula is C15H23NO2S. The number of hydrogen-bond acceptors (Lipinski definition) is 4. The summed E-state index contributed by atoms with van der Waals surface area (Å²) in [5.41, 5.74) is 0.330. The zero-order chi connectivity index (χ0) is 13.1. The molecule has 0 spiro atoms. The third-order valence-corrected chi connectivity index (χ3v) is 5.10. The highest BCUT2D eigenvalue weighted by Gasteiger charge is 2.38. The first-order valence-corrected chi connectivity index (χ1v) is 7.90. The van der Waals surface area contributed by atoms with E-state index < -0.39 is 0 Å². The predicted molar refractivity (Wildman–Crippen MR) is 78.5 cm³/mol. The van der Waals surface area contributed by atoms with E-state index >= 15 is 0 Å². The molecule has 1 aromatic heterocycles. The van der Waals surface area contributed by atoms with Crippen molar-refractivity contribution in [3.05, 3.63) is 24.2 Å². The van der Waals surface area contributed by atoms with Crippen LogP contribution in [0.1, 0.15) is 31.4 Å². The lowest BCUT2D eigenvalue weighted by atomic mass is 9.81. The van der Waals surface area contributed by atoms with Gasteiger partial charge in [0, 0.05) is 25.8 Å². The van der Waals surface area contributed by atoms with Gasteiger partial charge in [-0.25, -0.2) is 0 Å². The SMILES string of the molecule is SCC1(CN(Cc2ccco2)C2CC2)CCOCC1. The van der Waals surface area contributed by atoms with E-state index in [9.17, 15) is 0 Å². The molecule has 3 nitrogen and oxygen atoms in total. The van der Waals surface area contributed by atoms with Gasteiger partial charge in [0.05, 0.1) is 12.8 Å². The summed E-state index contributed by atoms with van der Waals surface area (Å²) in [6.07, 6.45) is 6.71. The van der Waals surface area contributed by atoms with Crippen molar-refractivity contribution in [3.63, 3.8) is 0 Å². The summed E-state index contributed by atoms with van der Waals surface area (Å²) in [6, 6.07) is 4.81. The first-order valence-electron chi connectivity index (χ1n) is 7.26. The number of furan rings is 1. The maximum absolute atomic E-state index is 5.52. The Bertz CT molecular complexity index is 383. The van der Waals surface area contributed by atoms with Gasteiger partial charge >= 0.3 is 0 Å². The van der Waals surface area contributed by atoms with Gasteiger partial charge < -0.3 is 9.15 Å². The molecule has 3 rings (SSSR count). The van der Waals surface area contributed by atoms with Crippen LogP contribution in [0.15, 0.2) is 22.8 Å². The second-order valence-corrected chi connectivity index (χ2v) is 6.30. The van der Waals surface area contributed by atoms with Gasteiger partial charge in [0.1, 0.15) is 5.76 Å². The maximum atomic E-state index is 5.52. The molecule has 106 valence electrons. The Hall–Kier alpha value is -0.450. The Labute approximate surface area is 120 Å². The van der Waals surface area contributed by atoms with Crippen LogP contribution in [0, 0.1) is 5.41 Å². The molecule has 2 fully saturated rings. The van der Waals surface area contributed by atoms with E-state index in [1.54, 1.807) is 6.26 Å². The fourth-order valence-corrected chi connectivity index (χ4v) is 3.37. The van der Waals surface area contributed by atoms with Crippen molar-refractivity contribution < 1.29 is 9.15 Å². The Morgan fingerprint density at radius 2 is 2.11 bits per heavy atom. The molecule has 0 unspecified atom stereocenters. The molecule has 0 N–H and O–H groups in total. The van der Waals surface area contributed by atoms with Gasteiger partial charge in [-0.1, -0.05) is 0 Å². The van der Waals surface area contributed by atoms with Gasteiger partial charge in [-0.3, -0.25) is 4.90 Å². The monoisotopic (exact) mass is 281 g/mol. The quantitative estimate of drug-likeness (QED) is 0.812. The Balaban J connectivity index is 1.66. The molecule has 0 amide bonds. The maximum Gasteiger partial charge on any atom is 0.117 e. The van der Waals surface area contributed by atoms with Gasteiger partial charge in [-0.05, 0) is 49.0 Å². The van der Waals surface area contributed by atoms with E-state index in [4.69, 9.17) is 9.15 Å². The van der Waals surface area contributed by atoms with Crippen molar-refractivity contribution in [1.29, 1.82) is 0 Å². The van der Waals surface area contributed by atoms with E-state index in [0.717, 1.165) is 56.7 Å². The molecule has 1 aromatic rings. The average Bonchev–Trinajstić information content (AvgIpc) is 3.18. The highest BCUT2D eigenvalue weighted by Crippen LogP contribution is 2.37. The molecule has 0 aromatic carbocycles. The van der Waals surface area contributed by atoms with Crippen LogP contribution in [0.4, 0.5) is 0 Å². The van der Waals surface area contributed by atoms with Crippen LogP contribution in [0.2, 0.25) is 0 Å². The van der Waals surface area contributed by atoms with Crippen LogP contribution in [0.5, 0.6) is 0 Å². The molecule has 0 atom stereocenters. The Morgan fingerprint density at radius 3 is 2.68 bits per heavy atom. The summed E-state index contributed by atoms with van der Waals surface area (Å²) >= 11 is 4.62. The standard InChI is InChI=1S/C15H23NO2S/c19-12-15(5-8-17-9-6-15)11-16(13-3-4-13)10-14-2-1-7-18-14/h1-2,7,13,19H,3-6,8-12H2. The van der Waals surface area contributed by atoms with Gasteiger partial charge in [0.2, 0.25) is 0 Å². The van der Waals surface area contributed by atoms with Crippen molar-refractivity contribution in [2.75, 3.05) is 25.5 Å². The number of nitrogens with zero attached hydrogens (tertiary/aromatic N) is 1.